The normalized spacial score (nSPS) is 10.5. The Hall–Kier alpha value is -3.63. The standard InChI is InChI=1S/C24H27N5O2S.CH2O2/c1-31-21-11-10-20-23(29-21)32-22(28-20)16-19-15-18(14-17-8-4-2-5-9-17)26-24(27-19)25-12-6-3-7-13-30;2-1-3/h2,4-5,8-11,15,30H,3,6-7,12-14,16H2,1H3,(H,25,26,27);1H,(H,2,3). The Morgan fingerprint density at radius 3 is 2.43 bits per heavy atom. The van der Waals surface area contributed by atoms with E-state index in [2.05, 4.69) is 28.5 Å². The number of aliphatic hydroxyl groups is 1. The number of aromatic nitrogens is 4. The number of anilines is 1. The fourth-order valence-corrected chi connectivity index (χ4v) is 4.36. The molecule has 0 saturated carbocycles. The molecule has 3 heterocycles. The maximum Gasteiger partial charge on any atom is 0.290 e. The van der Waals surface area contributed by atoms with E-state index in [-0.39, 0.29) is 13.1 Å². The van der Waals surface area contributed by atoms with Crippen LogP contribution in [-0.4, -0.2) is 56.9 Å². The summed E-state index contributed by atoms with van der Waals surface area (Å²) in [6.45, 7) is 0.759. The van der Waals surface area contributed by atoms with Crippen molar-refractivity contribution in [1.29, 1.82) is 0 Å². The average molecular weight is 496 g/mol. The number of thiazole rings is 1. The van der Waals surface area contributed by atoms with Crippen molar-refractivity contribution in [3.05, 3.63) is 70.5 Å². The first-order chi connectivity index (χ1) is 17.1. The SMILES string of the molecule is COc1ccc2nc(Cc3cc(Cc4ccccc4)nc(NCCCCCO)n3)sc2n1.O=CO. The van der Waals surface area contributed by atoms with Crippen molar-refractivity contribution >= 4 is 34.1 Å². The molecule has 0 radical (unpaired) electrons. The summed E-state index contributed by atoms with van der Waals surface area (Å²) >= 11 is 1.56. The molecule has 4 rings (SSSR count). The first-order valence-corrected chi connectivity index (χ1v) is 12.1. The number of nitrogens with zero attached hydrogens (tertiary/aromatic N) is 4. The fourth-order valence-electron chi connectivity index (χ4n) is 3.42. The third-order valence-corrected chi connectivity index (χ3v) is 5.96. The van der Waals surface area contributed by atoms with Crippen LogP contribution >= 0.6 is 11.3 Å². The number of hydrogen-bond acceptors (Lipinski definition) is 9. The second kappa shape index (κ2) is 13.9. The predicted molar refractivity (Wildman–Crippen MR) is 136 cm³/mol. The lowest BCUT2D eigenvalue weighted by Gasteiger charge is -2.10. The van der Waals surface area contributed by atoms with Crippen LogP contribution in [-0.2, 0) is 17.6 Å². The molecule has 0 aliphatic rings. The van der Waals surface area contributed by atoms with Crippen LogP contribution in [0.2, 0.25) is 0 Å². The minimum atomic E-state index is -0.250. The summed E-state index contributed by atoms with van der Waals surface area (Å²) in [5.74, 6) is 1.23. The molecule has 35 heavy (non-hydrogen) atoms. The summed E-state index contributed by atoms with van der Waals surface area (Å²) in [6.07, 6.45) is 4.12. The van der Waals surface area contributed by atoms with E-state index in [9.17, 15) is 0 Å². The third-order valence-electron chi connectivity index (χ3n) is 4.99. The number of fused-ring (bicyclic) bond motifs is 1. The van der Waals surface area contributed by atoms with Crippen LogP contribution in [0.1, 0.15) is 41.2 Å². The highest BCUT2D eigenvalue weighted by atomic mass is 32.1. The number of ether oxygens (including phenoxy) is 1. The highest BCUT2D eigenvalue weighted by molar-refractivity contribution is 7.18. The van der Waals surface area contributed by atoms with Crippen molar-refractivity contribution in [2.45, 2.75) is 32.1 Å². The van der Waals surface area contributed by atoms with E-state index in [1.807, 2.05) is 30.3 Å². The zero-order valence-electron chi connectivity index (χ0n) is 19.6. The zero-order chi connectivity index (χ0) is 24.9. The van der Waals surface area contributed by atoms with E-state index >= 15 is 0 Å². The van der Waals surface area contributed by atoms with Gasteiger partial charge in [-0.3, -0.25) is 4.79 Å². The van der Waals surface area contributed by atoms with Gasteiger partial charge in [-0.05, 0) is 37.0 Å². The minimum Gasteiger partial charge on any atom is -0.483 e. The molecule has 0 unspecified atom stereocenters. The molecule has 0 aliphatic heterocycles. The Morgan fingerprint density at radius 1 is 0.971 bits per heavy atom. The summed E-state index contributed by atoms with van der Waals surface area (Å²) in [4.78, 5) is 27.9. The summed E-state index contributed by atoms with van der Waals surface area (Å²) in [5, 5.41) is 20.2. The van der Waals surface area contributed by atoms with Crippen LogP contribution in [0, 0.1) is 0 Å². The maximum atomic E-state index is 8.96. The number of methoxy groups -OCH3 is 1. The number of hydrogen-bond donors (Lipinski definition) is 3. The first kappa shape index (κ1) is 26.0. The van der Waals surface area contributed by atoms with E-state index in [4.69, 9.17) is 34.7 Å². The number of carbonyl (C=O) groups is 1. The molecule has 9 nitrogen and oxygen atoms in total. The highest BCUT2D eigenvalue weighted by Crippen LogP contribution is 2.25. The van der Waals surface area contributed by atoms with Gasteiger partial charge in [0.2, 0.25) is 11.8 Å². The zero-order valence-corrected chi connectivity index (χ0v) is 20.4. The molecule has 0 bridgehead atoms. The van der Waals surface area contributed by atoms with Gasteiger partial charge >= 0.3 is 0 Å². The van der Waals surface area contributed by atoms with Crippen molar-refractivity contribution in [2.24, 2.45) is 0 Å². The van der Waals surface area contributed by atoms with Crippen LogP contribution in [0.15, 0.2) is 48.5 Å². The highest BCUT2D eigenvalue weighted by Gasteiger charge is 2.11. The monoisotopic (exact) mass is 495 g/mol. The van der Waals surface area contributed by atoms with Gasteiger partial charge in [0.05, 0.1) is 18.5 Å². The smallest absolute Gasteiger partial charge is 0.290 e. The van der Waals surface area contributed by atoms with Crippen molar-refractivity contribution in [2.75, 3.05) is 25.6 Å². The maximum absolute atomic E-state index is 8.96. The number of benzene rings is 1. The summed E-state index contributed by atoms with van der Waals surface area (Å²) in [6, 6.07) is 16.1. The van der Waals surface area contributed by atoms with Crippen LogP contribution in [0.3, 0.4) is 0 Å². The van der Waals surface area contributed by atoms with Gasteiger partial charge in [0, 0.05) is 32.1 Å². The van der Waals surface area contributed by atoms with Crippen LogP contribution in [0.5, 0.6) is 5.88 Å². The number of pyridine rings is 1. The van der Waals surface area contributed by atoms with Crippen molar-refractivity contribution in [3.8, 4) is 5.88 Å². The van der Waals surface area contributed by atoms with Gasteiger partial charge in [-0.25, -0.2) is 19.9 Å². The topological polar surface area (TPSA) is 130 Å². The molecule has 0 atom stereocenters. The molecule has 0 fully saturated rings. The van der Waals surface area contributed by atoms with E-state index in [0.717, 1.165) is 59.0 Å². The number of nitrogens with one attached hydrogen (secondary N) is 1. The molecule has 184 valence electrons. The molecule has 0 aliphatic carbocycles. The molecule has 1 aromatic carbocycles. The van der Waals surface area contributed by atoms with E-state index in [0.29, 0.717) is 18.2 Å². The summed E-state index contributed by atoms with van der Waals surface area (Å²) < 4.78 is 5.22. The van der Waals surface area contributed by atoms with Gasteiger partial charge in [0.25, 0.3) is 6.47 Å². The molecular formula is C25H29N5O4S. The lowest BCUT2D eigenvalue weighted by molar-refractivity contribution is -0.122. The van der Waals surface area contributed by atoms with Crippen molar-refractivity contribution < 1.29 is 19.7 Å². The second-order valence-corrected chi connectivity index (χ2v) is 8.68. The van der Waals surface area contributed by atoms with Gasteiger partial charge in [-0.15, -0.1) is 0 Å². The van der Waals surface area contributed by atoms with Crippen molar-refractivity contribution in [3.63, 3.8) is 0 Å². The van der Waals surface area contributed by atoms with Crippen LogP contribution < -0.4 is 10.1 Å². The number of carboxylic acid groups (broad SMARTS) is 1. The van der Waals surface area contributed by atoms with Gasteiger partial charge in [0.1, 0.15) is 15.4 Å². The number of aliphatic hydroxyl groups excluding tert-OH is 1. The van der Waals surface area contributed by atoms with Gasteiger partial charge in [-0.1, -0.05) is 41.7 Å². The van der Waals surface area contributed by atoms with Crippen LogP contribution in [0.4, 0.5) is 5.95 Å². The largest absolute Gasteiger partial charge is 0.483 e. The molecular weight excluding hydrogens is 466 g/mol. The van der Waals surface area contributed by atoms with E-state index in [1.165, 1.54) is 5.56 Å². The quantitative estimate of drug-likeness (QED) is 0.209. The Labute approximate surface area is 207 Å². The Kier molecular flexibility index (Phi) is 10.3. The van der Waals surface area contributed by atoms with Crippen LogP contribution in [0.25, 0.3) is 10.3 Å². The summed E-state index contributed by atoms with van der Waals surface area (Å²) in [5.41, 5.74) is 3.98. The molecule has 10 heteroatoms. The van der Waals surface area contributed by atoms with Gasteiger partial charge in [0.15, 0.2) is 0 Å². The Balaban J connectivity index is 0.00000108. The summed E-state index contributed by atoms with van der Waals surface area (Å²) in [7, 11) is 1.61. The molecule has 0 amide bonds. The minimum absolute atomic E-state index is 0.232. The van der Waals surface area contributed by atoms with Gasteiger partial charge < -0.3 is 20.3 Å². The molecule has 0 saturated heterocycles. The molecule has 3 N–H and O–H groups in total. The molecule has 4 aromatic rings. The Bertz CT molecular complexity index is 1200. The van der Waals surface area contributed by atoms with Crippen molar-refractivity contribution in [1.82, 2.24) is 19.9 Å². The van der Waals surface area contributed by atoms with Gasteiger partial charge in [-0.2, -0.15) is 0 Å². The first-order valence-electron chi connectivity index (χ1n) is 11.3. The number of rotatable bonds is 11. The third kappa shape index (κ3) is 8.27. The van der Waals surface area contributed by atoms with E-state index < -0.39 is 0 Å². The lowest BCUT2D eigenvalue weighted by atomic mass is 10.1. The lowest BCUT2D eigenvalue weighted by Crippen LogP contribution is -2.09. The second-order valence-electron chi connectivity index (χ2n) is 7.62. The molecule has 0 spiro atoms. The predicted octanol–water partition coefficient (Wildman–Crippen LogP) is 3.95. The average Bonchev–Trinajstić information content (AvgIpc) is 3.26. The molecule has 3 aromatic heterocycles. The fraction of sp³-hybridized carbons (Fsp3) is 0.320. The van der Waals surface area contributed by atoms with E-state index in [1.54, 1.807) is 18.4 Å². The number of unbranched alkanes of at least 4 members (excludes halogenated alkanes) is 2. The Morgan fingerprint density at radius 2 is 1.71 bits per heavy atom.